The highest BCUT2D eigenvalue weighted by atomic mass is 79.9. The lowest BCUT2D eigenvalue weighted by Gasteiger charge is -2.40. The van der Waals surface area contributed by atoms with Crippen LogP contribution in [0.1, 0.15) is 31.7 Å². The van der Waals surface area contributed by atoms with Gasteiger partial charge in [0.15, 0.2) is 0 Å². The zero-order valence-corrected chi connectivity index (χ0v) is 13.5. The van der Waals surface area contributed by atoms with Gasteiger partial charge in [-0.2, -0.15) is 0 Å². The van der Waals surface area contributed by atoms with Gasteiger partial charge in [0.1, 0.15) is 5.82 Å². The van der Waals surface area contributed by atoms with E-state index in [0.717, 1.165) is 42.0 Å². The van der Waals surface area contributed by atoms with E-state index in [-0.39, 0.29) is 5.82 Å². The molecule has 2 nitrogen and oxygen atoms in total. The minimum absolute atomic E-state index is 0.0968. The topological polar surface area (TPSA) is 15.3 Å². The van der Waals surface area contributed by atoms with E-state index in [1.807, 2.05) is 12.1 Å². The number of piperazine rings is 1. The predicted molar refractivity (Wildman–Crippen MR) is 83.1 cm³/mol. The quantitative estimate of drug-likeness (QED) is 0.901. The van der Waals surface area contributed by atoms with E-state index < -0.39 is 0 Å². The summed E-state index contributed by atoms with van der Waals surface area (Å²) in [6, 6.07) is 6.54. The lowest BCUT2D eigenvalue weighted by atomic mass is 10.0. The molecule has 0 amide bonds. The van der Waals surface area contributed by atoms with Crippen LogP contribution in [0.4, 0.5) is 4.39 Å². The molecular formula is C16H22BrFN2. The second kappa shape index (κ2) is 6.12. The summed E-state index contributed by atoms with van der Waals surface area (Å²) < 4.78 is 14.9. The Kier molecular flexibility index (Phi) is 4.43. The first-order valence-corrected chi connectivity index (χ1v) is 8.38. The van der Waals surface area contributed by atoms with E-state index >= 15 is 0 Å². The van der Waals surface area contributed by atoms with E-state index in [0.29, 0.717) is 12.1 Å². The van der Waals surface area contributed by atoms with Crippen molar-refractivity contribution < 1.29 is 4.39 Å². The molecule has 1 heterocycles. The first-order chi connectivity index (χ1) is 9.67. The van der Waals surface area contributed by atoms with Crippen LogP contribution in [0.2, 0.25) is 0 Å². The monoisotopic (exact) mass is 340 g/mol. The van der Waals surface area contributed by atoms with Gasteiger partial charge in [-0.15, -0.1) is 0 Å². The Morgan fingerprint density at radius 2 is 2.20 bits per heavy atom. The fourth-order valence-corrected chi connectivity index (χ4v) is 3.50. The van der Waals surface area contributed by atoms with Crippen LogP contribution in [0.25, 0.3) is 0 Å². The van der Waals surface area contributed by atoms with Gasteiger partial charge in [-0.1, -0.05) is 28.9 Å². The molecule has 1 saturated heterocycles. The summed E-state index contributed by atoms with van der Waals surface area (Å²) in [5, 5.41) is 3.64. The molecule has 4 heteroatoms. The Bertz CT molecular complexity index is 476. The number of hydrogen-bond donors (Lipinski definition) is 1. The van der Waals surface area contributed by atoms with Crippen molar-refractivity contribution in [1.29, 1.82) is 0 Å². The third-order valence-corrected chi connectivity index (χ3v) is 5.08. The fraction of sp³-hybridized carbons (Fsp3) is 0.625. The van der Waals surface area contributed by atoms with Gasteiger partial charge in [-0.25, -0.2) is 4.39 Å². The molecule has 0 bridgehead atoms. The van der Waals surface area contributed by atoms with Gasteiger partial charge >= 0.3 is 0 Å². The Morgan fingerprint density at radius 1 is 1.40 bits per heavy atom. The highest BCUT2D eigenvalue weighted by Crippen LogP contribution is 2.37. The van der Waals surface area contributed by atoms with Gasteiger partial charge < -0.3 is 5.32 Å². The second-order valence-corrected chi connectivity index (χ2v) is 7.00. The molecule has 2 unspecified atom stereocenters. The third-order valence-electron chi connectivity index (χ3n) is 4.59. The summed E-state index contributed by atoms with van der Waals surface area (Å²) in [6.45, 7) is 5.04. The van der Waals surface area contributed by atoms with E-state index in [1.54, 1.807) is 6.07 Å². The molecule has 0 spiro atoms. The maximum Gasteiger partial charge on any atom is 0.128 e. The van der Waals surface area contributed by atoms with Crippen molar-refractivity contribution in [2.75, 3.05) is 13.1 Å². The molecule has 2 aliphatic rings. The number of rotatable bonds is 4. The molecule has 0 aromatic heterocycles. The summed E-state index contributed by atoms with van der Waals surface area (Å²) in [4.78, 5) is 2.49. The van der Waals surface area contributed by atoms with Crippen molar-refractivity contribution in [1.82, 2.24) is 10.2 Å². The Hall–Kier alpha value is -0.450. The molecule has 2 atom stereocenters. The molecule has 1 aliphatic heterocycles. The van der Waals surface area contributed by atoms with Crippen LogP contribution >= 0.6 is 15.9 Å². The van der Waals surface area contributed by atoms with Crippen molar-refractivity contribution in [3.63, 3.8) is 0 Å². The van der Waals surface area contributed by atoms with Crippen molar-refractivity contribution in [2.24, 2.45) is 5.92 Å². The number of nitrogens with one attached hydrogen (secondary N) is 1. The number of benzene rings is 1. The molecule has 1 aliphatic carbocycles. The molecule has 110 valence electrons. The van der Waals surface area contributed by atoms with Gasteiger partial charge in [0.05, 0.1) is 0 Å². The molecule has 1 aromatic rings. The van der Waals surface area contributed by atoms with Crippen LogP contribution < -0.4 is 5.32 Å². The van der Waals surface area contributed by atoms with Crippen molar-refractivity contribution >= 4 is 15.9 Å². The van der Waals surface area contributed by atoms with E-state index in [9.17, 15) is 4.39 Å². The summed E-state index contributed by atoms with van der Waals surface area (Å²) in [7, 11) is 0. The van der Waals surface area contributed by atoms with Crippen molar-refractivity contribution in [3.8, 4) is 0 Å². The van der Waals surface area contributed by atoms with Crippen LogP contribution in [0.5, 0.6) is 0 Å². The Morgan fingerprint density at radius 3 is 2.85 bits per heavy atom. The van der Waals surface area contributed by atoms with Gasteiger partial charge in [-0.3, -0.25) is 4.90 Å². The van der Waals surface area contributed by atoms with Gasteiger partial charge in [0.25, 0.3) is 0 Å². The maximum atomic E-state index is 14.1. The SMILES string of the molecule is CCC1CN(Cc2ccc(Br)cc2F)C(C2CC2)CN1. The average molecular weight is 341 g/mol. The van der Waals surface area contributed by atoms with Crippen LogP contribution in [-0.2, 0) is 6.54 Å². The zero-order chi connectivity index (χ0) is 14.1. The summed E-state index contributed by atoms with van der Waals surface area (Å²) >= 11 is 3.32. The van der Waals surface area contributed by atoms with E-state index in [2.05, 4.69) is 33.1 Å². The lowest BCUT2D eigenvalue weighted by molar-refractivity contribution is 0.104. The summed E-state index contributed by atoms with van der Waals surface area (Å²) in [6.07, 6.45) is 3.81. The number of hydrogen-bond acceptors (Lipinski definition) is 2. The van der Waals surface area contributed by atoms with E-state index in [4.69, 9.17) is 0 Å². The highest BCUT2D eigenvalue weighted by Gasteiger charge is 2.38. The molecule has 0 radical (unpaired) electrons. The number of nitrogens with zero attached hydrogens (tertiary/aromatic N) is 1. The summed E-state index contributed by atoms with van der Waals surface area (Å²) in [5.41, 5.74) is 0.815. The van der Waals surface area contributed by atoms with Crippen LogP contribution in [0, 0.1) is 11.7 Å². The average Bonchev–Trinajstić information content (AvgIpc) is 3.26. The highest BCUT2D eigenvalue weighted by molar-refractivity contribution is 9.10. The molecular weight excluding hydrogens is 319 g/mol. The standard InChI is InChI=1S/C16H22BrFN2/c1-2-14-10-20(16(8-19-14)11-3-4-11)9-12-5-6-13(17)7-15(12)18/h5-7,11,14,16,19H,2-4,8-10H2,1H3. The normalized spacial score (nSPS) is 27.8. The minimum Gasteiger partial charge on any atom is -0.311 e. The lowest BCUT2D eigenvalue weighted by Crippen LogP contribution is -2.56. The fourth-order valence-electron chi connectivity index (χ4n) is 3.17. The number of halogens is 2. The smallest absolute Gasteiger partial charge is 0.128 e. The van der Waals surface area contributed by atoms with Crippen LogP contribution in [0.15, 0.2) is 22.7 Å². The molecule has 3 rings (SSSR count). The Labute approximate surface area is 128 Å². The predicted octanol–water partition coefficient (Wildman–Crippen LogP) is 3.55. The third kappa shape index (κ3) is 3.23. The largest absolute Gasteiger partial charge is 0.311 e. The Balaban J connectivity index is 1.74. The molecule has 1 N–H and O–H groups in total. The van der Waals surface area contributed by atoms with Gasteiger partial charge in [0, 0.05) is 41.8 Å². The second-order valence-electron chi connectivity index (χ2n) is 6.08. The first kappa shape index (κ1) is 14.5. The van der Waals surface area contributed by atoms with Gasteiger partial charge in [0.2, 0.25) is 0 Å². The summed E-state index contributed by atoms with van der Waals surface area (Å²) in [5.74, 6) is 0.722. The van der Waals surface area contributed by atoms with E-state index in [1.165, 1.54) is 12.8 Å². The van der Waals surface area contributed by atoms with Crippen molar-refractivity contribution in [3.05, 3.63) is 34.1 Å². The molecule has 1 saturated carbocycles. The minimum atomic E-state index is -0.0968. The van der Waals surface area contributed by atoms with Crippen LogP contribution in [-0.4, -0.2) is 30.1 Å². The molecule has 2 fully saturated rings. The first-order valence-electron chi connectivity index (χ1n) is 7.58. The van der Waals surface area contributed by atoms with Crippen LogP contribution in [0.3, 0.4) is 0 Å². The van der Waals surface area contributed by atoms with Gasteiger partial charge in [-0.05, 0) is 37.3 Å². The van der Waals surface area contributed by atoms with Crippen molar-refractivity contribution in [2.45, 2.75) is 44.8 Å². The zero-order valence-electron chi connectivity index (χ0n) is 11.9. The molecule has 1 aromatic carbocycles. The molecule has 20 heavy (non-hydrogen) atoms. The maximum absolute atomic E-state index is 14.1.